The van der Waals surface area contributed by atoms with Crippen molar-refractivity contribution in [1.29, 1.82) is 0 Å². The van der Waals surface area contributed by atoms with E-state index in [1.807, 2.05) is 0 Å². The summed E-state index contributed by atoms with van der Waals surface area (Å²) in [5.41, 5.74) is 1.04. The number of likely N-dealkylation sites (tertiary alicyclic amines) is 1. The Morgan fingerprint density at radius 1 is 0.969 bits per heavy atom. The SMILES string of the molecule is CCOC(=O)N1CCC(N2C(=O)c3ccc(C(=O)NC4CCCCCC4)cc3C2=O)CC1. The Balaban J connectivity index is 1.42. The fourth-order valence-electron chi connectivity index (χ4n) is 4.95. The van der Waals surface area contributed by atoms with Gasteiger partial charge in [-0.2, -0.15) is 0 Å². The second-order valence-corrected chi connectivity index (χ2v) is 8.82. The summed E-state index contributed by atoms with van der Waals surface area (Å²) in [5, 5.41) is 3.09. The highest BCUT2D eigenvalue weighted by Gasteiger charge is 2.41. The number of piperidine rings is 1. The van der Waals surface area contributed by atoms with Crippen LogP contribution in [-0.2, 0) is 4.74 Å². The van der Waals surface area contributed by atoms with Gasteiger partial charge >= 0.3 is 6.09 Å². The molecule has 8 nitrogen and oxygen atoms in total. The molecule has 1 aliphatic carbocycles. The molecule has 2 aliphatic heterocycles. The molecule has 2 heterocycles. The summed E-state index contributed by atoms with van der Waals surface area (Å²) in [5.74, 6) is -0.875. The van der Waals surface area contributed by atoms with Crippen molar-refractivity contribution >= 4 is 23.8 Å². The Bertz CT molecular complexity index is 899. The van der Waals surface area contributed by atoms with Crippen LogP contribution in [-0.4, -0.2) is 65.4 Å². The Hall–Kier alpha value is -2.90. The van der Waals surface area contributed by atoms with Crippen LogP contribution in [0.15, 0.2) is 18.2 Å². The van der Waals surface area contributed by atoms with Crippen LogP contribution in [0.4, 0.5) is 4.79 Å². The zero-order valence-corrected chi connectivity index (χ0v) is 18.6. The summed E-state index contributed by atoms with van der Waals surface area (Å²) >= 11 is 0. The summed E-state index contributed by atoms with van der Waals surface area (Å²) in [6.45, 7) is 2.94. The minimum Gasteiger partial charge on any atom is -0.450 e. The lowest BCUT2D eigenvalue weighted by Gasteiger charge is -2.35. The number of nitrogens with zero attached hydrogens (tertiary/aromatic N) is 2. The fraction of sp³-hybridized carbons (Fsp3) is 0.583. The van der Waals surface area contributed by atoms with E-state index in [4.69, 9.17) is 4.74 Å². The molecule has 4 amide bonds. The van der Waals surface area contributed by atoms with E-state index in [9.17, 15) is 19.2 Å². The Kier molecular flexibility index (Phi) is 6.77. The number of carbonyl (C=O) groups excluding carboxylic acids is 4. The third-order valence-corrected chi connectivity index (χ3v) is 6.73. The number of benzene rings is 1. The van der Waals surface area contributed by atoms with Crippen molar-refractivity contribution in [3.05, 3.63) is 34.9 Å². The second-order valence-electron chi connectivity index (χ2n) is 8.82. The smallest absolute Gasteiger partial charge is 0.409 e. The molecule has 3 aliphatic rings. The molecule has 0 unspecified atom stereocenters. The van der Waals surface area contributed by atoms with Gasteiger partial charge in [-0.1, -0.05) is 25.7 Å². The zero-order valence-electron chi connectivity index (χ0n) is 18.6. The Morgan fingerprint density at radius 3 is 2.28 bits per heavy atom. The molecule has 1 aromatic carbocycles. The van der Waals surface area contributed by atoms with Crippen LogP contribution in [0.3, 0.4) is 0 Å². The molecule has 32 heavy (non-hydrogen) atoms. The minimum absolute atomic E-state index is 0.164. The molecule has 172 valence electrons. The lowest BCUT2D eigenvalue weighted by atomic mass is 10.0. The number of rotatable bonds is 4. The van der Waals surface area contributed by atoms with Crippen molar-refractivity contribution in [2.45, 2.75) is 70.4 Å². The van der Waals surface area contributed by atoms with E-state index in [0.717, 1.165) is 25.7 Å². The van der Waals surface area contributed by atoms with E-state index in [2.05, 4.69) is 5.32 Å². The van der Waals surface area contributed by atoms with E-state index < -0.39 is 0 Å². The highest BCUT2D eigenvalue weighted by molar-refractivity contribution is 6.22. The molecule has 1 saturated carbocycles. The molecule has 0 atom stereocenters. The molecule has 1 aromatic rings. The predicted molar refractivity (Wildman–Crippen MR) is 118 cm³/mol. The van der Waals surface area contributed by atoms with Crippen molar-refractivity contribution in [1.82, 2.24) is 15.1 Å². The first-order chi connectivity index (χ1) is 15.5. The van der Waals surface area contributed by atoms with Crippen LogP contribution in [0.5, 0.6) is 0 Å². The average molecular weight is 442 g/mol. The standard InChI is InChI=1S/C24H31N3O5/c1-2-32-24(31)26-13-11-18(12-14-26)27-22(29)19-10-9-16(15-20(19)23(27)30)21(28)25-17-7-5-3-4-6-8-17/h9-10,15,17-18H,2-8,11-14H2,1H3,(H,25,28). The van der Waals surface area contributed by atoms with E-state index in [1.165, 1.54) is 17.7 Å². The van der Waals surface area contributed by atoms with Crippen LogP contribution in [0.1, 0.15) is 89.4 Å². The van der Waals surface area contributed by atoms with E-state index in [0.29, 0.717) is 43.7 Å². The van der Waals surface area contributed by atoms with Crippen LogP contribution in [0, 0.1) is 0 Å². The van der Waals surface area contributed by atoms with Crippen LogP contribution in [0.25, 0.3) is 0 Å². The summed E-state index contributed by atoms with van der Waals surface area (Å²) in [4.78, 5) is 53.7. The van der Waals surface area contributed by atoms with Crippen molar-refractivity contribution in [2.24, 2.45) is 0 Å². The summed E-state index contributed by atoms with van der Waals surface area (Å²) < 4.78 is 5.03. The van der Waals surface area contributed by atoms with Gasteiger partial charge in [-0.3, -0.25) is 19.3 Å². The molecule has 1 saturated heterocycles. The zero-order chi connectivity index (χ0) is 22.7. The molecule has 2 fully saturated rings. The van der Waals surface area contributed by atoms with Gasteiger partial charge in [-0.15, -0.1) is 0 Å². The molecule has 0 radical (unpaired) electrons. The second kappa shape index (κ2) is 9.71. The number of hydrogen-bond donors (Lipinski definition) is 1. The van der Waals surface area contributed by atoms with Crippen LogP contribution in [0.2, 0.25) is 0 Å². The third kappa shape index (κ3) is 4.49. The van der Waals surface area contributed by atoms with Gasteiger partial charge in [0, 0.05) is 30.7 Å². The number of carbonyl (C=O) groups is 4. The van der Waals surface area contributed by atoms with E-state index >= 15 is 0 Å². The Morgan fingerprint density at radius 2 is 1.62 bits per heavy atom. The largest absolute Gasteiger partial charge is 0.450 e. The van der Waals surface area contributed by atoms with Gasteiger partial charge in [-0.25, -0.2) is 4.79 Å². The van der Waals surface area contributed by atoms with Crippen molar-refractivity contribution in [2.75, 3.05) is 19.7 Å². The number of ether oxygens (including phenoxy) is 1. The van der Waals surface area contributed by atoms with Crippen molar-refractivity contribution < 1.29 is 23.9 Å². The number of imide groups is 1. The monoisotopic (exact) mass is 441 g/mol. The van der Waals surface area contributed by atoms with Gasteiger partial charge in [0.2, 0.25) is 0 Å². The van der Waals surface area contributed by atoms with Crippen molar-refractivity contribution in [3.8, 4) is 0 Å². The highest BCUT2D eigenvalue weighted by atomic mass is 16.6. The molecular formula is C24H31N3O5. The number of nitrogens with one attached hydrogen (secondary N) is 1. The maximum absolute atomic E-state index is 13.1. The Labute approximate surface area is 188 Å². The van der Waals surface area contributed by atoms with E-state index in [1.54, 1.807) is 30.0 Å². The highest BCUT2D eigenvalue weighted by Crippen LogP contribution is 2.30. The fourth-order valence-corrected chi connectivity index (χ4v) is 4.95. The molecule has 4 rings (SSSR count). The van der Waals surface area contributed by atoms with Gasteiger partial charge in [0.1, 0.15) is 0 Å². The first-order valence-corrected chi connectivity index (χ1v) is 11.7. The quantitative estimate of drug-likeness (QED) is 0.571. The normalized spacial score (nSPS) is 20.2. The third-order valence-electron chi connectivity index (χ3n) is 6.73. The van der Waals surface area contributed by atoms with Gasteiger partial charge in [0.25, 0.3) is 17.7 Å². The summed E-state index contributed by atoms with van der Waals surface area (Å²) in [7, 11) is 0. The van der Waals surface area contributed by atoms with E-state index in [-0.39, 0.29) is 41.5 Å². The molecule has 8 heteroatoms. The summed E-state index contributed by atoms with van der Waals surface area (Å²) in [6, 6.07) is 4.66. The molecule has 0 aromatic heterocycles. The maximum atomic E-state index is 13.1. The number of fused-ring (bicyclic) bond motifs is 1. The average Bonchev–Trinajstić information content (AvgIpc) is 2.95. The molecule has 0 spiro atoms. The first-order valence-electron chi connectivity index (χ1n) is 11.7. The first kappa shape index (κ1) is 22.3. The predicted octanol–water partition coefficient (Wildman–Crippen LogP) is 3.36. The molecule has 0 bridgehead atoms. The minimum atomic E-state index is -0.363. The van der Waals surface area contributed by atoms with Gasteiger partial charge < -0.3 is 15.0 Å². The van der Waals surface area contributed by atoms with Crippen LogP contribution < -0.4 is 5.32 Å². The lowest BCUT2D eigenvalue weighted by molar-refractivity contribution is 0.0485. The maximum Gasteiger partial charge on any atom is 0.409 e. The van der Waals surface area contributed by atoms with Crippen LogP contribution >= 0.6 is 0 Å². The number of hydrogen-bond acceptors (Lipinski definition) is 5. The van der Waals surface area contributed by atoms with Gasteiger partial charge in [0.15, 0.2) is 0 Å². The van der Waals surface area contributed by atoms with Gasteiger partial charge in [0.05, 0.1) is 17.7 Å². The molecular weight excluding hydrogens is 410 g/mol. The molecule has 1 N–H and O–H groups in total. The van der Waals surface area contributed by atoms with Crippen molar-refractivity contribution in [3.63, 3.8) is 0 Å². The lowest BCUT2D eigenvalue weighted by Crippen LogP contribution is -2.48. The van der Waals surface area contributed by atoms with Gasteiger partial charge in [-0.05, 0) is 50.8 Å². The topological polar surface area (TPSA) is 96.0 Å². The number of amides is 4. The summed E-state index contributed by atoms with van der Waals surface area (Å²) in [6.07, 6.45) is 7.26.